The van der Waals surface area contributed by atoms with Gasteiger partial charge in [-0.05, 0) is 0 Å². The number of rotatable bonds is 0. The van der Waals surface area contributed by atoms with Crippen molar-refractivity contribution in [1.82, 2.24) is 0 Å². The molecule has 4 heavy (non-hydrogen) atoms. The fourth-order valence-corrected chi connectivity index (χ4v) is 0. The molecule has 0 amide bonds. The highest BCUT2D eigenvalue weighted by Gasteiger charge is 1.96. The molecule has 0 aromatic heterocycles. The van der Waals surface area contributed by atoms with E-state index in [0.717, 1.165) is 0 Å². The van der Waals surface area contributed by atoms with Crippen LogP contribution in [0, 0.1) is 0 Å². The quantitative estimate of drug-likeness (QED) is 0.368. The minimum Gasteiger partial charge on any atom is 0.0263 e. The maximum Gasteiger partial charge on any atom is 0.340 e. The summed E-state index contributed by atoms with van der Waals surface area (Å²) in [6.45, 7) is 3.22. The largest absolute Gasteiger partial charge is 0.340 e. The summed E-state index contributed by atoms with van der Waals surface area (Å²) in [5, 5.41) is 9.53. The Labute approximate surface area is 26.3 Å². The zero-order valence-electron chi connectivity index (χ0n) is 2.99. The topological polar surface area (TPSA) is 19.9 Å². The molecule has 0 fully saturated rings. The van der Waals surface area contributed by atoms with E-state index in [1.807, 2.05) is 0 Å². The van der Waals surface area contributed by atoms with E-state index in [-0.39, 0.29) is 0 Å². The van der Waals surface area contributed by atoms with Gasteiger partial charge in [-0.15, -0.1) is 0 Å². The maximum atomic E-state index is 9.53. The highest BCUT2D eigenvalue weighted by molar-refractivity contribution is 4.20. The molecule has 0 aliphatic carbocycles. The van der Waals surface area contributed by atoms with E-state index < -0.39 is 6.10 Å². The van der Waals surface area contributed by atoms with Gasteiger partial charge in [0.25, 0.3) is 5.11 Å². The lowest BCUT2D eigenvalue weighted by Gasteiger charge is -1.51. The third-order valence-corrected chi connectivity index (χ3v) is 0. The number of hydrogen-bond donors (Lipinski definition) is 0. The van der Waals surface area contributed by atoms with E-state index in [1.54, 1.807) is 13.8 Å². The second-order valence-corrected chi connectivity index (χ2v) is 1.05. The van der Waals surface area contributed by atoms with E-state index in [9.17, 15) is 5.11 Å². The van der Waals surface area contributed by atoms with Gasteiger partial charge in [-0.2, -0.15) is 0 Å². The van der Waals surface area contributed by atoms with Crippen LogP contribution in [0.15, 0.2) is 0 Å². The normalized spacial score (nSPS) is 9.00. The molecule has 0 atom stereocenters. The lowest BCUT2D eigenvalue weighted by molar-refractivity contribution is 0.122. The van der Waals surface area contributed by atoms with Crippen molar-refractivity contribution in [2.75, 3.05) is 0 Å². The van der Waals surface area contributed by atoms with Crippen LogP contribution in [0.1, 0.15) is 13.8 Å². The van der Waals surface area contributed by atoms with Crippen molar-refractivity contribution in [1.29, 1.82) is 0 Å². The highest BCUT2D eigenvalue weighted by atomic mass is 16.3. The third kappa shape index (κ3) is 1130. The van der Waals surface area contributed by atoms with Crippen LogP contribution in [0.25, 0.3) is 0 Å². The highest BCUT2D eigenvalue weighted by Crippen LogP contribution is 1.67. The Kier molecular flexibility index (Phi) is 1.28. The summed E-state index contributed by atoms with van der Waals surface area (Å²) in [5.41, 5.74) is 0. The predicted molar refractivity (Wildman–Crippen MR) is 15.8 cm³/mol. The molecule has 0 aliphatic rings. The second-order valence-electron chi connectivity index (χ2n) is 1.05. The molecule has 0 aromatic rings. The van der Waals surface area contributed by atoms with Gasteiger partial charge in [0.15, 0.2) is 0 Å². The van der Waals surface area contributed by atoms with E-state index in [0.29, 0.717) is 0 Å². The summed E-state index contributed by atoms with van der Waals surface area (Å²) in [6.07, 6.45) is -0.417. The first kappa shape index (κ1) is 3.96. The smallest absolute Gasteiger partial charge is 0.0263 e. The molecule has 0 unspecified atom stereocenters. The van der Waals surface area contributed by atoms with Gasteiger partial charge in [0.1, 0.15) is 0 Å². The molecule has 0 saturated carbocycles. The van der Waals surface area contributed by atoms with Gasteiger partial charge in [0.05, 0.1) is 0 Å². The maximum absolute atomic E-state index is 9.53. The first-order valence-electron chi connectivity index (χ1n) is 1.39. The molecule has 0 heterocycles. The van der Waals surface area contributed by atoms with Crippen LogP contribution in [-0.2, 0) is 5.11 Å². The van der Waals surface area contributed by atoms with Gasteiger partial charge in [-0.1, -0.05) is 0 Å². The van der Waals surface area contributed by atoms with Crippen molar-refractivity contribution >= 4 is 0 Å². The summed E-state index contributed by atoms with van der Waals surface area (Å²) in [7, 11) is 0. The molecule has 1 heteroatoms. The van der Waals surface area contributed by atoms with E-state index >= 15 is 0 Å². The molecule has 0 N–H and O–H groups in total. The van der Waals surface area contributed by atoms with Crippen LogP contribution in [0.2, 0.25) is 0 Å². The third-order valence-electron chi connectivity index (χ3n) is 0. The zero-order chi connectivity index (χ0) is 3.58. The van der Waals surface area contributed by atoms with Gasteiger partial charge >= 0.3 is 6.10 Å². The van der Waals surface area contributed by atoms with Gasteiger partial charge in [-0.25, -0.2) is 0 Å². The van der Waals surface area contributed by atoms with Crippen molar-refractivity contribution in [2.24, 2.45) is 0 Å². The van der Waals surface area contributed by atoms with Crippen molar-refractivity contribution < 1.29 is 5.11 Å². The molecule has 24 valence electrons. The molecular formula is C3H7O+. The Morgan fingerprint density at radius 2 is 1.50 bits per heavy atom. The summed E-state index contributed by atoms with van der Waals surface area (Å²) in [6, 6.07) is 0. The Morgan fingerprint density at radius 3 is 1.50 bits per heavy atom. The van der Waals surface area contributed by atoms with Crippen molar-refractivity contribution in [3.8, 4) is 0 Å². The van der Waals surface area contributed by atoms with Crippen LogP contribution in [0.4, 0.5) is 0 Å². The standard InChI is InChI=1S/C3H7O/c1-3(2)4/h3H,1-2H3/q+1. The summed E-state index contributed by atoms with van der Waals surface area (Å²) in [4.78, 5) is 0. The monoisotopic (exact) mass is 59.0 g/mol. The van der Waals surface area contributed by atoms with Gasteiger partial charge in [-0.3, -0.25) is 0 Å². The Morgan fingerprint density at radius 1 is 1.50 bits per heavy atom. The van der Waals surface area contributed by atoms with E-state index in [4.69, 9.17) is 0 Å². The van der Waals surface area contributed by atoms with E-state index in [1.165, 1.54) is 0 Å². The molecule has 0 saturated heterocycles. The second kappa shape index (κ2) is 1.30. The summed E-state index contributed by atoms with van der Waals surface area (Å²) in [5.74, 6) is 0. The van der Waals surface area contributed by atoms with Crippen LogP contribution >= 0.6 is 0 Å². The van der Waals surface area contributed by atoms with Crippen LogP contribution in [0.5, 0.6) is 0 Å². The molecule has 0 rings (SSSR count). The average molecular weight is 59.1 g/mol. The van der Waals surface area contributed by atoms with Crippen molar-refractivity contribution in [2.45, 2.75) is 20.0 Å². The molecule has 2 radical (unpaired) electrons. The molecule has 0 bridgehead atoms. The minimum atomic E-state index is -0.417. The van der Waals surface area contributed by atoms with Crippen LogP contribution < -0.4 is 0 Å². The lowest BCUT2D eigenvalue weighted by atomic mass is 10.5. The molecule has 0 aliphatic heterocycles. The summed E-state index contributed by atoms with van der Waals surface area (Å²) < 4.78 is 0. The number of hydrogen-bond acceptors (Lipinski definition) is 0. The van der Waals surface area contributed by atoms with Gasteiger partial charge in [0.2, 0.25) is 0 Å². The zero-order valence-corrected chi connectivity index (χ0v) is 2.99. The van der Waals surface area contributed by atoms with Crippen molar-refractivity contribution in [3.05, 3.63) is 0 Å². The molecule has 1 nitrogen and oxygen atoms in total. The molecule has 0 aromatic carbocycles. The van der Waals surface area contributed by atoms with Crippen LogP contribution in [-0.4, -0.2) is 6.10 Å². The fraction of sp³-hybridized carbons (Fsp3) is 1.00. The van der Waals surface area contributed by atoms with Gasteiger partial charge < -0.3 is 0 Å². The Hall–Kier alpha value is -0.0400. The Balaban J connectivity index is 2.32. The average Bonchev–Trinajstić information content (AvgIpc) is 0.811. The first-order valence-corrected chi connectivity index (χ1v) is 1.39. The minimum absolute atomic E-state index is 0.417. The van der Waals surface area contributed by atoms with Gasteiger partial charge in [0, 0.05) is 13.8 Å². The Bertz CT molecular complexity index is 8.00. The fourth-order valence-electron chi connectivity index (χ4n) is 0. The predicted octanol–water partition coefficient (Wildman–Crippen LogP) is 0.825. The van der Waals surface area contributed by atoms with E-state index in [2.05, 4.69) is 0 Å². The SMILES string of the molecule is CC(C)[O+]. The lowest BCUT2D eigenvalue weighted by Crippen LogP contribution is -1.81. The van der Waals surface area contributed by atoms with Crippen LogP contribution in [0.3, 0.4) is 0 Å². The van der Waals surface area contributed by atoms with Crippen molar-refractivity contribution in [3.63, 3.8) is 0 Å². The molecular weight excluding hydrogens is 52.0 g/mol. The first-order chi connectivity index (χ1) is 1.73. The summed E-state index contributed by atoms with van der Waals surface area (Å²) >= 11 is 0. The molecule has 0 spiro atoms.